The van der Waals surface area contributed by atoms with Crippen LogP contribution in [0, 0.1) is 0 Å². The highest BCUT2D eigenvalue weighted by atomic mass is 32.1. The van der Waals surface area contributed by atoms with Crippen molar-refractivity contribution in [1.29, 1.82) is 0 Å². The Morgan fingerprint density at radius 2 is 2.14 bits per heavy atom. The maximum absolute atomic E-state index is 12.4. The number of carbonyl (C=O) groups excluding carboxylic acids is 1. The smallest absolute Gasteiger partial charge is 0.294 e. The van der Waals surface area contributed by atoms with E-state index < -0.39 is 0 Å². The lowest BCUT2D eigenvalue weighted by molar-refractivity contribution is 0.0936. The van der Waals surface area contributed by atoms with E-state index in [1.165, 1.54) is 4.68 Å². The molecule has 106 valence electrons. The van der Waals surface area contributed by atoms with Gasteiger partial charge in [0.15, 0.2) is 0 Å². The minimum atomic E-state index is -0.113. The van der Waals surface area contributed by atoms with Gasteiger partial charge < -0.3 is 4.57 Å². The molecule has 0 aliphatic rings. The van der Waals surface area contributed by atoms with Gasteiger partial charge in [0, 0.05) is 23.8 Å². The summed E-state index contributed by atoms with van der Waals surface area (Å²) in [6.07, 6.45) is 7.50. The Hall–Kier alpha value is -2.40. The van der Waals surface area contributed by atoms with E-state index in [2.05, 4.69) is 5.10 Å². The summed E-state index contributed by atoms with van der Waals surface area (Å²) in [5.74, 6) is -0.113. The lowest BCUT2D eigenvalue weighted by Gasteiger charge is -2.04. The van der Waals surface area contributed by atoms with Crippen molar-refractivity contribution in [2.45, 2.75) is 13.5 Å². The third-order valence-corrected chi connectivity index (χ3v) is 4.01. The van der Waals surface area contributed by atoms with Crippen LogP contribution in [-0.4, -0.2) is 20.3 Å². The van der Waals surface area contributed by atoms with Crippen molar-refractivity contribution in [3.05, 3.63) is 64.4 Å². The molecule has 0 radical (unpaired) electrons. The van der Waals surface area contributed by atoms with E-state index in [1.807, 2.05) is 65.6 Å². The highest BCUT2D eigenvalue weighted by Crippen LogP contribution is 2.13. The molecular formula is C16H15N3OS. The average Bonchev–Trinajstić information content (AvgIpc) is 3.23. The first-order valence-corrected chi connectivity index (χ1v) is 7.63. The van der Waals surface area contributed by atoms with E-state index in [-0.39, 0.29) is 5.91 Å². The van der Waals surface area contributed by atoms with Crippen molar-refractivity contribution in [2.75, 3.05) is 0 Å². The van der Waals surface area contributed by atoms with Crippen molar-refractivity contribution >= 4 is 29.4 Å². The molecule has 0 amide bonds. The maximum atomic E-state index is 12.4. The molecule has 3 aromatic heterocycles. The maximum Gasteiger partial charge on any atom is 0.294 e. The number of aryl methyl sites for hydroxylation is 1. The van der Waals surface area contributed by atoms with Gasteiger partial charge >= 0.3 is 0 Å². The Bertz CT molecular complexity index is 765. The molecule has 5 heteroatoms. The molecule has 0 unspecified atom stereocenters. The van der Waals surface area contributed by atoms with Crippen LogP contribution < -0.4 is 0 Å². The molecule has 0 saturated carbocycles. The van der Waals surface area contributed by atoms with E-state index in [0.717, 1.165) is 17.1 Å². The Labute approximate surface area is 127 Å². The minimum Gasteiger partial charge on any atom is -0.344 e. The highest BCUT2D eigenvalue weighted by molar-refractivity contribution is 7.10. The van der Waals surface area contributed by atoms with Crippen molar-refractivity contribution in [3.63, 3.8) is 0 Å². The summed E-state index contributed by atoms with van der Waals surface area (Å²) in [6, 6.07) is 9.57. The van der Waals surface area contributed by atoms with Crippen molar-refractivity contribution < 1.29 is 4.79 Å². The fourth-order valence-electron chi connectivity index (χ4n) is 2.10. The quantitative estimate of drug-likeness (QED) is 0.738. The van der Waals surface area contributed by atoms with Crippen molar-refractivity contribution in [3.8, 4) is 0 Å². The number of nitrogens with zero attached hydrogens (tertiary/aromatic N) is 3. The Morgan fingerprint density at radius 3 is 2.90 bits per heavy atom. The second-order valence-corrected chi connectivity index (χ2v) is 5.50. The second kappa shape index (κ2) is 5.93. The predicted molar refractivity (Wildman–Crippen MR) is 85.3 cm³/mol. The molecule has 0 spiro atoms. The van der Waals surface area contributed by atoms with E-state index in [0.29, 0.717) is 5.69 Å². The summed E-state index contributed by atoms with van der Waals surface area (Å²) < 4.78 is 3.29. The van der Waals surface area contributed by atoms with Gasteiger partial charge in [-0.2, -0.15) is 5.10 Å². The minimum absolute atomic E-state index is 0.113. The highest BCUT2D eigenvalue weighted by Gasteiger charge is 2.13. The summed E-state index contributed by atoms with van der Waals surface area (Å²) in [6.45, 7) is 2.77. The molecular weight excluding hydrogens is 282 g/mol. The summed E-state index contributed by atoms with van der Waals surface area (Å²) >= 11 is 1.67. The van der Waals surface area contributed by atoms with Gasteiger partial charge in [0.2, 0.25) is 0 Å². The molecule has 3 aromatic rings. The zero-order valence-electron chi connectivity index (χ0n) is 11.6. The zero-order valence-corrected chi connectivity index (χ0v) is 12.5. The number of hydrogen-bond acceptors (Lipinski definition) is 3. The van der Waals surface area contributed by atoms with Gasteiger partial charge in [0.05, 0.1) is 5.69 Å². The van der Waals surface area contributed by atoms with Crippen molar-refractivity contribution in [2.24, 2.45) is 0 Å². The number of thiophene rings is 1. The predicted octanol–water partition coefficient (Wildman–Crippen LogP) is 3.62. The van der Waals surface area contributed by atoms with Crippen molar-refractivity contribution in [1.82, 2.24) is 14.3 Å². The molecule has 0 atom stereocenters. The van der Waals surface area contributed by atoms with Crippen LogP contribution in [0.4, 0.5) is 0 Å². The SMILES string of the molecule is CCn1cccc1C(=O)n1ccc(/C=C/c2cccs2)n1. The van der Waals surface area contributed by atoms with E-state index in [4.69, 9.17) is 0 Å². The summed E-state index contributed by atoms with van der Waals surface area (Å²) in [7, 11) is 0. The van der Waals surface area contributed by atoms with Gasteiger partial charge in [-0.1, -0.05) is 6.07 Å². The number of rotatable bonds is 4. The Balaban J connectivity index is 1.80. The van der Waals surface area contributed by atoms with Crippen LogP contribution in [0.25, 0.3) is 12.2 Å². The summed E-state index contributed by atoms with van der Waals surface area (Å²) in [5.41, 5.74) is 1.42. The normalized spacial score (nSPS) is 11.3. The largest absolute Gasteiger partial charge is 0.344 e. The molecule has 3 rings (SSSR count). The van der Waals surface area contributed by atoms with Crippen LogP contribution >= 0.6 is 11.3 Å². The first-order chi connectivity index (χ1) is 10.3. The lowest BCUT2D eigenvalue weighted by Crippen LogP contribution is -2.16. The molecule has 4 nitrogen and oxygen atoms in total. The number of carbonyl (C=O) groups is 1. The summed E-state index contributed by atoms with van der Waals surface area (Å²) in [4.78, 5) is 13.6. The molecule has 0 N–H and O–H groups in total. The number of hydrogen-bond donors (Lipinski definition) is 0. The molecule has 0 aliphatic heterocycles. The van der Waals surface area contributed by atoms with Crippen LogP contribution in [0.2, 0.25) is 0 Å². The summed E-state index contributed by atoms with van der Waals surface area (Å²) in [5, 5.41) is 6.34. The average molecular weight is 297 g/mol. The molecule has 3 heterocycles. The monoisotopic (exact) mass is 297 g/mol. The van der Waals surface area contributed by atoms with Crippen LogP contribution in [0.3, 0.4) is 0 Å². The first kappa shape index (κ1) is 13.6. The lowest BCUT2D eigenvalue weighted by atomic mass is 10.3. The van der Waals surface area contributed by atoms with Gasteiger partial charge in [-0.05, 0) is 48.7 Å². The van der Waals surface area contributed by atoms with Crippen LogP contribution in [-0.2, 0) is 6.54 Å². The van der Waals surface area contributed by atoms with Crippen LogP contribution in [0.1, 0.15) is 28.0 Å². The molecule has 0 fully saturated rings. The topological polar surface area (TPSA) is 39.8 Å². The van der Waals surface area contributed by atoms with E-state index >= 15 is 0 Å². The Morgan fingerprint density at radius 1 is 1.24 bits per heavy atom. The first-order valence-electron chi connectivity index (χ1n) is 6.75. The van der Waals surface area contributed by atoms with Gasteiger partial charge in [-0.15, -0.1) is 11.3 Å². The third kappa shape index (κ3) is 2.87. The third-order valence-electron chi connectivity index (χ3n) is 3.17. The van der Waals surface area contributed by atoms with Gasteiger partial charge in [0.25, 0.3) is 5.91 Å². The molecule has 0 aromatic carbocycles. The zero-order chi connectivity index (χ0) is 14.7. The fourth-order valence-corrected chi connectivity index (χ4v) is 2.71. The van der Waals surface area contributed by atoms with Gasteiger partial charge in [-0.3, -0.25) is 4.79 Å². The molecule has 0 bridgehead atoms. The fraction of sp³-hybridized carbons (Fsp3) is 0.125. The molecule has 0 aliphatic carbocycles. The van der Waals surface area contributed by atoms with Gasteiger partial charge in [0.1, 0.15) is 5.69 Å². The standard InChI is InChI=1S/C16H15N3OS/c1-2-18-10-3-6-15(18)16(20)19-11-9-13(17-19)7-8-14-5-4-12-21-14/h3-12H,2H2,1H3/b8-7+. The molecule has 0 saturated heterocycles. The van der Waals surface area contributed by atoms with Crippen LogP contribution in [0.15, 0.2) is 48.1 Å². The van der Waals surface area contributed by atoms with Crippen LogP contribution in [0.5, 0.6) is 0 Å². The van der Waals surface area contributed by atoms with Gasteiger partial charge in [-0.25, -0.2) is 4.68 Å². The number of aromatic nitrogens is 3. The Kier molecular flexibility index (Phi) is 3.83. The second-order valence-electron chi connectivity index (χ2n) is 4.52. The van der Waals surface area contributed by atoms with E-state index in [9.17, 15) is 4.79 Å². The molecule has 21 heavy (non-hydrogen) atoms. The van der Waals surface area contributed by atoms with E-state index in [1.54, 1.807) is 17.5 Å².